The number of hydrogen-bond donors (Lipinski definition) is 1. The van der Waals surface area contributed by atoms with E-state index < -0.39 is 12.0 Å². The lowest BCUT2D eigenvalue weighted by Gasteiger charge is -2.31. The first-order valence-corrected chi connectivity index (χ1v) is 14.6. The largest absolute Gasteiger partial charge is 0.492 e. The molecule has 1 atom stereocenters. The van der Waals surface area contributed by atoms with Gasteiger partial charge in [0.1, 0.15) is 18.4 Å². The minimum Gasteiger partial charge on any atom is -0.492 e. The highest BCUT2D eigenvalue weighted by Gasteiger charge is 2.30. The van der Waals surface area contributed by atoms with E-state index in [1.165, 1.54) is 7.11 Å². The van der Waals surface area contributed by atoms with Crippen LogP contribution in [0.2, 0.25) is 0 Å². The summed E-state index contributed by atoms with van der Waals surface area (Å²) >= 11 is 0. The number of methoxy groups -OCH3 is 1. The van der Waals surface area contributed by atoms with Crippen molar-refractivity contribution in [2.45, 2.75) is 31.7 Å². The third-order valence-corrected chi connectivity index (χ3v) is 7.76. The fourth-order valence-electron chi connectivity index (χ4n) is 5.14. The molecule has 1 unspecified atom stereocenters. The Hall–Kier alpha value is -4.91. The van der Waals surface area contributed by atoms with Gasteiger partial charge in [-0.05, 0) is 54.8 Å². The van der Waals surface area contributed by atoms with Crippen LogP contribution < -0.4 is 15.0 Å². The number of rotatable bonds is 13. The average Bonchev–Trinajstić information content (AvgIpc) is 3.03. The molecular weight excluding hydrogens is 540 g/mol. The number of ketones is 1. The molecule has 7 nitrogen and oxygen atoms in total. The number of carbonyl (C=O) groups excluding carboxylic acids is 3. The molecule has 0 spiro atoms. The monoisotopic (exact) mass is 576 g/mol. The van der Waals surface area contributed by atoms with E-state index in [0.29, 0.717) is 42.1 Å². The molecule has 1 aliphatic rings. The molecule has 1 N–H and O–H groups in total. The first-order valence-electron chi connectivity index (χ1n) is 14.6. The summed E-state index contributed by atoms with van der Waals surface area (Å²) in [6, 6.07) is 32.7. The molecule has 1 aliphatic carbocycles. The van der Waals surface area contributed by atoms with E-state index in [1.807, 2.05) is 83.8 Å². The van der Waals surface area contributed by atoms with Gasteiger partial charge in [0.15, 0.2) is 5.78 Å². The first kappa shape index (κ1) is 29.6. The van der Waals surface area contributed by atoms with E-state index in [0.717, 1.165) is 30.5 Å². The smallest absolute Gasteiger partial charge is 0.328 e. The van der Waals surface area contributed by atoms with E-state index in [2.05, 4.69) is 5.32 Å². The quantitative estimate of drug-likeness (QED) is 0.148. The van der Waals surface area contributed by atoms with Gasteiger partial charge in [0.25, 0.3) is 0 Å². The number of hydrogen-bond acceptors (Lipinski definition) is 6. The predicted molar refractivity (Wildman–Crippen MR) is 168 cm³/mol. The van der Waals surface area contributed by atoms with Gasteiger partial charge >= 0.3 is 5.97 Å². The van der Waals surface area contributed by atoms with Crippen LogP contribution in [-0.4, -0.2) is 44.0 Å². The fraction of sp³-hybridized carbons (Fsp3) is 0.250. The number of ether oxygens (including phenoxy) is 2. The van der Waals surface area contributed by atoms with Crippen molar-refractivity contribution in [3.63, 3.8) is 0 Å². The van der Waals surface area contributed by atoms with Crippen molar-refractivity contribution in [3.05, 3.63) is 126 Å². The van der Waals surface area contributed by atoms with E-state index in [-0.39, 0.29) is 17.6 Å². The number of anilines is 2. The number of nitrogens with zero attached hydrogens (tertiary/aromatic N) is 1. The number of carbonyl (C=O) groups is 3. The number of benzene rings is 4. The molecule has 1 amide bonds. The molecule has 0 aliphatic heterocycles. The van der Waals surface area contributed by atoms with Crippen LogP contribution in [0.15, 0.2) is 109 Å². The first-order chi connectivity index (χ1) is 21.0. The zero-order valence-electron chi connectivity index (χ0n) is 24.3. The van der Waals surface area contributed by atoms with Gasteiger partial charge in [-0.15, -0.1) is 0 Å². The molecule has 4 aromatic carbocycles. The van der Waals surface area contributed by atoms with Crippen molar-refractivity contribution in [3.8, 4) is 5.75 Å². The summed E-state index contributed by atoms with van der Waals surface area (Å²) in [6.07, 6.45) is 3.34. The van der Waals surface area contributed by atoms with Crippen molar-refractivity contribution in [2.24, 2.45) is 5.92 Å². The van der Waals surface area contributed by atoms with Gasteiger partial charge in [-0.25, -0.2) is 4.79 Å². The lowest BCUT2D eigenvalue weighted by atomic mass is 9.84. The molecule has 0 bridgehead atoms. The summed E-state index contributed by atoms with van der Waals surface area (Å²) in [5.74, 6) is 0.367. The molecule has 0 heterocycles. The summed E-state index contributed by atoms with van der Waals surface area (Å²) in [7, 11) is 1.35. The third kappa shape index (κ3) is 7.49. The van der Waals surface area contributed by atoms with Crippen molar-refractivity contribution in [2.75, 3.05) is 30.5 Å². The van der Waals surface area contributed by atoms with Crippen LogP contribution in [0.1, 0.15) is 40.7 Å². The van der Waals surface area contributed by atoms with E-state index in [9.17, 15) is 14.4 Å². The van der Waals surface area contributed by atoms with Gasteiger partial charge in [0, 0.05) is 34.8 Å². The van der Waals surface area contributed by atoms with E-state index in [1.54, 1.807) is 30.3 Å². The molecule has 0 radical (unpaired) electrons. The molecule has 220 valence electrons. The number of para-hydroxylation sites is 2. The lowest BCUT2D eigenvalue weighted by molar-refractivity contribution is -0.141. The Morgan fingerprint density at radius 1 is 0.837 bits per heavy atom. The topological polar surface area (TPSA) is 84.9 Å². The number of amides is 1. The summed E-state index contributed by atoms with van der Waals surface area (Å²) < 4.78 is 11.1. The van der Waals surface area contributed by atoms with Gasteiger partial charge < -0.3 is 19.7 Å². The van der Waals surface area contributed by atoms with Gasteiger partial charge in [0.05, 0.1) is 13.7 Å². The van der Waals surface area contributed by atoms with E-state index in [4.69, 9.17) is 9.47 Å². The molecule has 0 aromatic heterocycles. The van der Waals surface area contributed by atoms with Crippen LogP contribution in [0.5, 0.6) is 5.75 Å². The molecule has 5 rings (SSSR count). The Morgan fingerprint density at radius 2 is 1.49 bits per heavy atom. The Bertz CT molecular complexity index is 1520. The van der Waals surface area contributed by atoms with Crippen LogP contribution in [0.25, 0.3) is 0 Å². The van der Waals surface area contributed by atoms with Crippen LogP contribution >= 0.6 is 0 Å². The zero-order chi connectivity index (χ0) is 30.0. The number of nitrogens with one attached hydrogen (secondary N) is 1. The van der Waals surface area contributed by atoms with Crippen LogP contribution in [0.4, 0.5) is 11.4 Å². The predicted octanol–water partition coefficient (Wildman–Crippen LogP) is 6.33. The normalized spacial score (nSPS) is 13.3. The van der Waals surface area contributed by atoms with Gasteiger partial charge in [0.2, 0.25) is 5.91 Å². The standard InChI is InChI=1S/C36H36N2O5/c1-42-36(41)33(37-32-18-9-8-17-31(32)34(39)27-11-4-2-5-12-27)25-26-19-21-30(22-20-26)43-24-23-38(29-15-6-3-7-16-29)35(40)28-13-10-14-28/h2-9,11-12,15-22,28,33,37H,10,13-14,23-25H2,1H3. The van der Waals surface area contributed by atoms with Crippen LogP contribution in [0, 0.1) is 5.92 Å². The summed E-state index contributed by atoms with van der Waals surface area (Å²) in [5.41, 5.74) is 3.39. The average molecular weight is 577 g/mol. The molecule has 43 heavy (non-hydrogen) atoms. The minimum atomic E-state index is -0.710. The number of esters is 1. The van der Waals surface area contributed by atoms with Crippen LogP contribution in [0.3, 0.4) is 0 Å². The second kappa shape index (κ2) is 14.3. The van der Waals surface area contributed by atoms with Crippen molar-refractivity contribution >= 4 is 29.0 Å². The molecule has 7 heteroatoms. The van der Waals surface area contributed by atoms with Gasteiger partial charge in [-0.3, -0.25) is 9.59 Å². The second-order valence-electron chi connectivity index (χ2n) is 10.6. The van der Waals surface area contributed by atoms with Crippen molar-refractivity contribution in [1.82, 2.24) is 0 Å². The fourth-order valence-corrected chi connectivity index (χ4v) is 5.14. The van der Waals surface area contributed by atoms with Gasteiger partial charge in [-0.1, -0.05) is 79.2 Å². The summed E-state index contributed by atoms with van der Waals surface area (Å²) in [5, 5.41) is 3.24. The highest BCUT2D eigenvalue weighted by molar-refractivity contribution is 6.12. The maximum Gasteiger partial charge on any atom is 0.328 e. The van der Waals surface area contributed by atoms with Gasteiger partial charge in [-0.2, -0.15) is 0 Å². The maximum atomic E-state index is 13.2. The third-order valence-electron chi connectivity index (χ3n) is 7.76. The van der Waals surface area contributed by atoms with Crippen molar-refractivity contribution in [1.29, 1.82) is 0 Å². The highest BCUT2D eigenvalue weighted by atomic mass is 16.5. The Balaban J connectivity index is 1.22. The lowest BCUT2D eigenvalue weighted by Crippen LogP contribution is -2.41. The SMILES string of the molecule is COC(=O)C(Cc1ccc(OCCN(C(=O)C2CCC2)c2ccccc2)cc1)Nc1ccccc1C(=O)c1ccccc1. The summed E-state index contributed by atoms with van der Waals surface area (Å²) in [6.45, 7) is 0.807. The molecule has 1 fully saturated rings. The summed E-state index contributed by atoms with van der Waals surface area (Å²) in [4.78, 5) is 40.8. The zero-order valence-corrected chi connectivity index (χ0v) is 24.3. The Morgan fingerprint density at radius 3 is 2.14 bits per heavy atom. The van der Waals surface area contributed by atoms with Crippen molar-refractivity contribution < 1.29 is 23.9 Å². The minimum absolute atomic E-state index is 0.0966. The Labute approximate surface area is 252 Å². The van der Waals surface area contributed by atoms with Crippen LogP contribution in [-0.2, 0) is 20.7 Å². The molecule has 1 saturated carbocycles. The highest BCUT2D eigenvalue weighted by Crippen LogP contribution is 2.30. The maximum absolute atomic E-state index is 13.2. The Kier molecular flexibility index (Phi) is 9.85. The van der Waals surface area contributed by atoms with E-state index >= 15 is 0 Å². The molecule has 0 saturated heterocycles. The molecule has 4 aromatic rings. The second-order valence-corrected chi connectivity index (χ2v) is 10.6. The molecular formula is C36H36N2O5.